The first-order valence-corrected chi connectivity index (χ1v) is 6.22. The highest BCUT2D eigenvalue weighted by Crippen LogP contribution is 2.23. The smallest absolute Gasteiger partial charge is 0.123 e. The first kappa shape index (κ1) is 13.6. The second kappa shape index (κ2) is 5.85. The molecule has 0 unspecified atom stereocenters. The number of halogens is 1. The zero-order chi connectivity index (χ0) is 13.8. The standard InChI is InChI=1S/C16H17FO2/c1-11-9-14(12(2)18)5-8-16(11)19-10-13-3-6-15(17)7-4-13/h3-9,12,18H,10H2,1-2H3/t12-/m0/s1. The largest absolute Gasteiger partial charge is 0.489 e. The predicted octanol–water partition coefficient (Wildman–Crippen LogP) is 3.77. The summed E-state index contributed by atoms with van der Waals surface area (Å²) in [6.45, 7) is 4.06. The molecule has 0 aromatic heterocycles. The fraction of sp³-hybridized carbons (Fsp3) is 0.250. The van der Waals surface area contributed by atoms with Crippen LogP contribution in [0, 0.1) is 12.7 Å². The number of aliphatic hydroxyl groups is 1. The lowest BCUT2D eigenvalue weighted by molar-refractivity contribution is 0.199. The normalized spacial score (nSPS) is 12.2. The molecule has 100 valence electrons. The molecule has 2 nitrogen and oxygen atoms in total. The zero-order valence-corrected chi connectivity index (χ0v) is 11.1. The van der Waals surface area contributed by atoms with Gasteiger partial charge in [-0.25, -0.2) is 4.39 Å². The van der Waals surface area contributed by atoms with Gasteiger partial charge in [-0.3, -0.25) is 0 Å². The highest BCUT2D eigenvalue weighted by atomic mass is 19.1. The Labute approximate surface area is 112 Å². The molecule has 0 aliphatic rings. The van der Waals surface area contributed by atoms with E-state index in [1.807, 2.05) is 25.1 Å². The van der Waals surface area contributed by atoms with Crippen LogP contribution >= 0.6 is 0 Å². The van der Waals surface area contributed by atoms with Gasteiger partial charge in [0, 0.05) is 0 Å². The SMILES string of the molecule is Cc1cc([C@H](C)O)ccc1OCc1ccc(F)cc1. The number of aryl methyl sites for hydroxylation is 1. The summed E-state index contributed by atoms with van der Waals surface area (Å²) in [4.78, 5) is 0. The first-order valence-electron chi connectivity index (χ1n) is 6.22. The number of rotatable bonds is 4. The van der Waals surface area contributed by atoms with E-state index in [1.165, 1.54) is 12.1 Å². The lowest BCUT2D eigenvalue weighted by Gasteiger charge is -2.12. The van der Waals surface area contributed by atoms with Gasteiger partial charge >= 0.3 is 0 Å². The van der Waals surface area contributed by atoms with Crippen LogP contribution in [0.3, 0.4) is 0 Å². The van der Waals surface area contributed by atoms with Crippen molar-refractivity contribution in [3.8, 4) is 5.75 Å². The number of benzene rings is 2. The lowest BCUT2D eigenvalue weighted by atomic mass is 10.1. The Morgan fingerprint density at radius 2 is 1.84 bits per heavy atom. The van der Waals surface area contributed by atoms with Crippen LogP contribution in [0.4, 0.5) is 4.39 Å². The molecule has 0 heterocycles. The van der Waals surface area contributed by atoms with E-state index in [2.05, 4.69) is 0 Å². The average Bonchev–Trinajstić information content (AvgIpc) is 2.39. The second-order valence-corrected chi connectivity index (χ2v) is 4.62. The van der Waals surface area contributed by atoms with Crippen LogP contribution in [0.25, 0.3) is 0 Å². The van der Waals surface area contributed by atoms with Crippen molar-refractivity contribution in [2.75, 3.05) is 0 Å². The second-order valence-electron chi connectivity index (χ2n) is 4.62. The molecule has 19 heavy (non-hydrogen) atoms. The van der Waals surface area contributed by atoms with Crippen LogP contribution in [-0.4, -0.2) is 5.11 Å². The van der Waals surface area contributed by atoms with Gasteiger partial charge in [0.1, 0.15) is 18.2 Å². The molecule has 3 heteroatoms. The molecule has 0 spiro atoms. The van der Waals surface area contributed by atoms with Crippen molar-refractivity contribution in [1.82, 2.24) is 0 Å². The van der Waals surface area contributed by atoms with E-state index >= 15 is 0 Å². The maximum Gasteiger partial charge on any atom is 0.123 e. The van der Waals surface area contributed by atoms with Crippen LogP contribution < -0.4 is 4.74 Å². The van der Waals surface area contributed by atoms with Crippen molar-refractivity contribution in [2.45, 2.75) is 26.6 Å². The summed E-state index contributed by atoms with van der Waals surface area (Å²) in [5, 5.41) is 9.50. The van der Waals surface area contributed by atoms with E-state index in [1.54, 1.807) is 19.1 Å². The fourth-order valence-corrected chi connectivity index (χ4v) is 1.84. The molecule has 0 saturated heterocycles. The Kier molecular flexibility index (Phi) is 4.17. The predicted molar refractivity (Wildman–Crippen MR) is 72.5 cm³/mol. The quantitative estimate of drug-likeness (QED) is 0.906. The summed E-state index contributed by atoms with van der Waals surface area (Å²) < 4.78 is 18.5. The minimum absolute atomic E-state index is 0.249. The van der Waals surface area contributed by atoms with Crippen LogP contribution in [0.1, 0.15) is 29.7 Å². The Morgan fingerprint density at radius 1 is 1.16 bits per heavy atom. The van der Waals surface area contributed by atoms with E-state index in [4.69, 9.17) is 4.74 Å². The molecule has 0 radical (unpaired) electrons. The molecule has 2 aromatic carbocycles. The Bertz CT molecular complexity index is 547. The monoisotopic (exact) mass is 260 g/mol. The molecular formula is C16H17FO2. The maximum absolute atomic E-state index is 12.8. The summed E-state index contributed by atoms with van der Waals surface area (Å²) in [5.41, 5.74) is 2.76. The minimum Gasteiger partial charge on any atom is -0.489 e. The van der Waals surface area contributed by atoms with Gasteiger partial charge in [0.05, 0.1) is 6.10 Å². The fourth-order valence-electron chi connectivity index (χ4n) is 1.84. The van der Waals surface area contributed by atoms with E-state index in [0.717, 1.165) is 22.4 Å². The summed E-state index contributed by atoms with van der Waals surface area (Å²) in [5.74, 6) is 0.523. The molecule has 2 aromatic rings. The van der Waals surface area contributed by atoms with E-state index in [9.17, 15) is 9.50 Å². The summed E-state index contributed by atoms with van der Waals surface area (Å²) >= 11 is 0. The molecule has 2 rings (SSSR count). The summed E-state index contributed by atoms with van der Waals surface area (Å²) in [7, 11) is 0. The number of ether oxygens (including phenoxy) is 1. The van der Waals surface area contributed by atoms with Crippen molar-refractivity contribution in [2.24, 2.45) is 0 Å². The molecular weight excluding hydrogens is 243 g/mol. The van der Waals surface area contributed by atoms with Gasteiger partial charge in [-0.15, -0.1) is 0 Å². The Balaban J connectivity index is 2.05. The molecule has 1 atom stereocenters. The molecule has 0 aliphatic carbocycles. The highest BCUT2D eigenvalue weighted by Gasteiger charge is 2.05. The third kappa shape index (κ3) is 3.55. The van der Waals surface area contributed by atoms with E-state index in [-0.39, 0.29) is 5.82 Å². The van der Waals surface area contributed by atoms with Gasteiger partial charge in [0.15, 0.2) is 0 Å². The molecule has 0 bridgehead atoms. The Hall–Kier alpha value is -1.87. The molecule has 0 fully saturated rings. The van der Waals surface area contributed by atoms with Crippen LogP contribution in [-0.2, 0) is 6.61 Å². The molecule has 0 aliphatic heterocycles. The topological polar surface area (TPSA) is 29.5 Å². The minimum atomic E-state index is -0.482. The van der Waals surface area contributed by atoms with Gasteiger partial charge in [0.2, 0.25) is 0 Å². The highest BCUT2D eigenvalue weighted by molar-refractivity contribution is 5.37. The Morgan fingerprint density at radius 3 is 2.42 bits per heavy atom. The number of aliphatic hydroxyl groups excluding tert-OH is 1. The average molecular weight is 260 g/mol. The van der Waals surface area contributed by atoms with Crippen molar-refractivity contribution >= 4 is 0 Å². The summed E-state index contributed by atoms with van der Waals surface area (Å²) in [6.07, 6.45) is -0.482. The summed E-state index contributed by atoms with van der Waals surface area (Å²) in [6, 6.07) is 11.8. The number of hydrogen-bond acceptors (Lipinski definition) is 2. The molecule has 1 N–H and O–H groups in total. The van der Waals surface area contributed by atoms with Crippen LogP contribution in [0.5, 0.6) is 5.75 Å². The van der Waals surface area contributed by atoms with Crippen molar-refractivity contribution < 1.29 is 14.2 Å². The van der Waals surface area contributed by atoms with Gasteiger partial charge in [0.25, 0.3) is 0 Å². The van der Waals surface area contributed by atoms with Gasteiger partial charge in [-0.2, -0.15) is 0 Å². The van der Waals surface area contributed by atoms with E-state index in [0.29, 0.717) is 6.61 Å². The number of hydrogen-bond donors (Lipinski definition) is 1. The van der Waals surface area contributed by atoms with Gasteiger partial charge in [-0.05, 0) is 54.8 Å². The third-order valence-electron chi connectivity index (χ3n) is 2.99. The van der Waals surface area contributed by atoms with Crippen LogP contribution in [0.2, 0.25) is 0 Å². The maximum atomic E-state index is 12.8. The van der Waals surface area contributed by atoms with Crippen molar-refractivity contribution in [3.63, 3.8) is 0 Å². The first-order chi connectivity index (χ1) is 9.06. The van der Waals surface area contributed by atoms with Crippen molar-refractivity contribution in [1.29, 1.82) is 0 Å². The third-order valence-corrected chi connectivity index (χ3v) is 2.99. The zero-order valence-electron chi connectivity index (χ0n) is 11.1. The lowest BCUT2D eigenvalue weighted by Crippen LogP contribution is -1.99. The van der Waals surface area contributed by atoms with Gasteiger partial charge < -0.3 is 9.84 Å². The van der Waals surface area contributed by atoms with Crippen molar-refractivity contribution in [3.05, 3.63) is 65.0 Å². The molecule has 0 saturated carbocycles. The van der Waals surface area contributed by atoms with Crippen LogP contribution in [0.15, 0.2) is 42.5 Å². The molecule has 0 amide bonds. The van der Waals surface area contributed by atoms with E-state index < -0.39 is 6.10 Å². The van der Waals surface area contributed by atoms with Gasteiger partial charge in [-0.1, -0.05) is 18.2 Å².